The zero-order valence-corrected chi connectivity index (χ0v) is 12.5. The van der Waals surface area contributed by atoms with Crippen LogP contribution in [-0.2, 0) is 6.42 Å². The maximum Gasteiger partial charge on any atom is 0.194 e. The molecular formula is C16H19NO2S. The molecule has 0 spiro atoms. The van der Waals surface area contributed by atoms with Crippen molar-refractivity contribution < 1.29 is 4.42 Å². The van der Waals surface area contributed by atoms with Gasteiger partial charge in [0.2, 0.25) is 0 Å². The molecule has 0 amide bonds. The molecule has 0 saturated carbocycles. The van der Waals surface area contributed by atoms with Gasteiger partial charge in [0, 0.05) is 5.56 Å². The minimum atomic E-state index is 0.0502. The van der Waals surface area contributed by atoms with Gasteiger partial charge in [0.15, 0.2) is 11.3 Å². The van der Waals surface area contributed by atoms with Crippen molar-refractivity contribution in [2.24, 2.45) is 0 Å². The number of rotatable bonds is 2. The van der Waals surface area contributed by atoms with Crippen LogP contribution in [0, 0.1) is 0 Å². The highest BCUT2D eigenvalue weighted by molar-refractivity contribution is 7.99. The summed E-state index contributed by atoms with van der Waals surface area (Å²) < 4.78 is 5.67. The predicted octanol–water partition coefficient (Wildman–Crippen LogP) is 3.50. The first-order valence-corrected chi connectivity index (χ1v) is 8.28. The van der Waals surface area contributed by atoms with E-state index in [-0.39, 0.29) is 5.43 Å². The normalized spacial score (nSPS) is 16.6. The van der Waals surface area contributed by atoms with E-state index in [1.165, 1.54) is 11.5 Å². The van der Waals surface area contributed by atoms with Crippen molar-refractivity contribution in [3.8, 4) is 11.3 Å². The van der Waals surface area contributed by atoms with Crippen molar-refractivity contribution in [3.63, 3.8) is 0 Å². The summed E-state index contributed by atoms with van der Waals surface area (Å²) in [5.74, 6) is 3.88. The van der Waals surface area contributed by atoms with E-state index in [4.69, 9.17) is 10.2 Å². The van der Waals surface area contributed by atoms with Gasteiger partial charge in [-0.3, -0.25) is 4.79 Å². The fraction of sp³-hybridized carbons (Fsp3) is 0.438. The minimum absolute atomic E-state index is 0.0502. The van der Waals surface area contributed by atoms with Crippen molar-refractivity contribution in [3.05, 3.63) is 39.5 Å². The molecule has 0 aromatic rings. The molecule has 0 unspecified atom stereocenters. The zero-order valence-electron chi connectivity index (χ0n) is 11.6. The quantitative estimate of drug-likeness (QED) is 0.919. The van der Waals surface area contributed by atoms with Gasteiger partial charge in [-0.2, -0.15) is 11.8 Å². The molecule has 2 aliphatic heterocycles. The fourth-order valence-corrected chi connectivity index (χ4v) is 3.93. The highest BCUT2D eigenvalue weighted by Gasteiger charge is 2.20. The first-order chi connectivity index (χ1) is 9.69. The van der Waals surface area contributed by atoms with Gasteiger partial charge in [0.25, 0.3) is 0 Å². The second-order valence-corrected chi connectivity index (χ2v) is 6.53. The largest absolute Gasteiger partial charge is 0.441 e. The van der Waals surface area contributed by atoms with Crippen LogP contribution in [0.25, 0.3) is 11.3 Å². The van der Waals surface area contributed by atoms with E-state index in [1.54, 1.807) is 6.07 Å². The Morgan fingerprint density at radius 2 is 2.05 bits per heavy atom. The average molecular weight is 289 g/mol. The summed E-state index contributed by atoms with van der Waals surface area (Å²) in [6, 6.07) is 5.67. The predicted molar refractivity (Wildman–Crippen MR) is 84.7 cm³/mol. The summed E-state index contributed by atoms with van der Waals surface area (Å²) >= 11 is 1.99. The van der Waals surface area contributed by atoms with E-state index < -0.39 is 0 Å². The first kappa shape index (κ1) is 13.6. The number of hydrogen-bond donors (Lipinski definition) is 1. The van der Waals surface area contributed by atoms with Crippen molar-refractivity contribution in [1.29, 1.82) is 0 Å². The van der Waals surface area contributed by atoms with Crippen molar-refractivity contribution in [2.75, 3.05) is 17.2 Å². The van der Waals surface area contributed by atoms with Crippen LogP contribution in [0.15, 0.2) is 27.4 Å². The molecule has 0 atom stereocenters. The van der Waals surface area contributed by atoms with Gasteiger partial charge in [0.05, 0.1) is 5.56 Å². The Hall–Kier alpha value is -1.42. The van der Waals surface area contributed by atoms with Crippen LogP contribution in [0.3, 0.4) is 0 Å². The standard InChI is InChI=1S/C16H19NO2S/c1-2-10-7-13-14(18)8-12(9-15(13)19-16(10)17)11-3-5-20-6-4-11/h7-9,11H,2-6,17H2,1H3. The van der Waals surface area contributed by atoms with Crippen LogP contribution < -0.4 is 11.2 Å². The van der Waals surface area contributed by atoms with Gasteiger partial charge in [0.1, 0.15) is 5.76 Å². The van der Waals surface area contributed by atoms with Crippen molar-refractivity contribution in [1.82, 2.24) is 0 Å². The molecule has 1 fully saturated rings. The first-order valence-electron chi connectivity index (χ1n) is 7.13. The van der Waals surface area contributed by atoms with Crippen LogP contribution in [0.1, 0.15) is 36.8 Å². The van der Waals surface area contributed by atoms with Gasteiger partial charge in [-0.1, -0.05) is 6.92 Å². The van der Waals surface area contributed by atoms with Gasteiger partial charge < -0.3 is 10.2 Å². The molecule has 2 N–H and O–H groups in total. The van der Waals surface area contributed by atoms with Crippen molar-refractivity contribution in [2.45, 2.75) is 32.1 Å². The second kappa shape index (κ2) is 5.52. The van der Waals surface area contributed by atoms with Gasteiger partial charge in [-0.15, -0.1) is 0 Å². The lowest BCUT2D eigenvalue weighted by molar-refractivity contribution is 0.573. The van der Waals surface area contributed by atoms with Gasteiger partial charge in [-0.25, -0.2) is 0 Å². The number of anilines is 1. The topological polar surface area (TPSA) is 56.2 Å². The Morgan fingerprint density at radius 1 is 1.30 bits per heavy atom. The number of nitrogens with two attached hydrogens (primary N) is 1. The van der Waals surface area contributed by atoms with E-state index in [1.807, 2.05) is 30.8 Å². The van der Waals surface area contributed by atoms with Crippen LogP contribution in [0.5, 0.6) is 0 Å². The molecule has 20 heavy (non-hydrogen) atoms. The molecular weight excluding hydrogens is 270 g/mol. The summed E-state index contributed by atoms with van der Waals surface area (Å²) in [4.78, 5) is 12.3. The van der Waals surface area contributed by atoms with E-state index in [0.717, 1.165) is 30.4 Å². The lowest BCUT2D eigenvalue weighted by atomic mass is 9.91. The number of fused-ring (bicyclic) bond motifs is 1. The zero-order chi connectivity index (χ0) is 14.1. The molecule has 0 aromatic carbocycles. The molecule has 3 aliphatic rings. The molecule has 1 aliphatic carbocycles. The Balaban J connectivity index is 2.09. The number of aryl methyl sites for hydroxylation is 1. The third-order valence-corrected chi connectivity index (χ3v) is 5.10. The van der Waals surface area contributed by atoms with Crippen LogP contribution in [0.4, 0.5) is 5.88 Å². The molecule has 3 nitrogen and oxygen atoms in total. The smallest absolute Gasteiger partial charge is 0.194 e. The molecule has 2 heterocycles. The third kappa shape index (κ3) is 2.44. The molecule has 4 heteroatoms. The summed E-state index contributed by atoms with van der Waals surface area (Å²) in [5, 5.41) is 0. The van der Waals surface area contributed by atoms with E-state index in [9.17, 15) is 4.79 Å². The highest BCUT2D eigenvalue weighted by atomic mass is 32.2. The molecule has 1 saturated heterocycles. The fourth-order valence-electron chi connectivity index (χ4n) is 2.82. The monoisotopic (exact) mass is 289 g/mol. The van der Waals surface area contributed by atoms with Crippen LogP contribution in [0.2, 0.25) is 0 Å². The summed E-state index contributed by atoms with van der Waals surface area (Å²) in [6.07, 6.45) is 3.04. The molecule has 0 radical (unpaired) electrons. The summed E-state index contributed by atoms with van der Waals surface area (Å²) in [6.45, 7) is 2.01. The van der Waals surface area contributed by atoms with Crippen molar-refractivity contribution >= 4 is 17.6 Å². The summed E-state index contributed by atoms with van der Waals surface area (Å²) in [5.41, 5.74) is 8.60. The number of thioether (sulfide) groups is 1. The third-order valence-electron chi connectivity index (χ3n) is 4.06. The Bertz CT molecular complexity index is 644. The Labute approximate surface area is 122 Å². The number of benzene rings is 1. The van der Waals surface area contributed by atoms with Gasteiger partial charge in [-0.05, 0) is 60.4 Å². The second-order valence-electron chi connectivity index (χ2n) is 5.31. The molecule has 0 aromatic heterocycles. The van der Waals surface area contributed by atoms with Crippen LogP contribution in [-0.4, -0.2) is 11.5 Å². The number of nitrogen functional groups attached to an aromatic ring is 1. The average Bonchev–Trinajstić information content (AvgIpc) is 2.47. The molecule has 3 rings (SSSR count). The van der Waals surface area contributed by atoms with E-state index in [2.05, 4.69) is 0 Å². The SMILES string of the molecule is CCc1cc2c(=O)cc(C3CCSCC3)cc-2oc1N. The Kier molecular flexibility index (Phi) is 3.74. The summed E-state index contributed by atoms with van der Waals surface area (Å²) in [7, 11) is 0. The minimum Gasteiger partial charge on any atom is -0.441 e. The van der Waals surface area contributed by atoms with Gasteiger partial charge >= 0.3 is 0 Å². The van der Waals surface area contributed by atoms with E-state index in [0.29, 0.717) is 23.1 Å². The van der Waals surface area contributed by atoms with E-state index >= 15 is 0 Å². The van der Waals surface area contributed by atoms with Crippen LogP contribution >= 0.6 is 11.8 Å². The molecule has 0 bridgehead atoms. The molecule has 106 valence electrons. The maximum absolute atomic E-state index is 12.3. The lowest BCUT2D eigenvalue weighted by Gasteiger charge is -2.22. The highest BCUT2D eigenvalue weighted by Crippen LogP contribution is 2.34. The maximum atomic E-state index is 12.3. The Morgan fingerprint density at radius 3 is 2.75 bits per heavy atom. The number of hydrogen-bond acceptors (Lipinski definition) is 4. The lowest BCUT2D eigenvalue weighted by Crippen LogP contribution is -2.13.